The minimum Gasteiger partial charge on any atom is -0.460 e. The lowest BCUT2D eigenvalue weighted by Gasteiger charge is -2.36. The smallest absolute Gasteiger partial charge is 0.306 e. The highest BCUT2D eigenvalue weighted by Crippen LogP contribution is 2.44. The molecule has 43 heavy (non-hydrogen) atoms. The van der Waals surface area contributed by atoms with Crippen molar-refractivity contribution in [1.82, 2.24) is 0 Å². The summed E-state index contributed by atoms with van der Waals surface area (Å²) in [6.45, 7) is 13.4. The van der Waals surface area contributed by atoms with Gasteiger partial charge in [-0.1, -0.05) is 124 Å². The molecular weight excluding hydrogens is 548 g/mol. The highest BCUT2D eigenvalue weighted by molar-refractivity contribution is 7.80. The molecule has 4 rings (SSSR count). The average molecular weight is 595 g/mol. The molecule has 0 aliphatic rings. The molecule has 0 radical (unpaired) electrons. The summed E-state index contributed by atoms with van der Waals surface area (Å²) in [5.74, 6) is 0.699. The third kappa shape index (κ3) is 8.19. The Morgan fingerprint density at radius 1 is 0.674 bits per heavy atom. The molecule has 0 aromatic heterocycles. The van der Waals surface area contributed by atoms with E-state index in [1.807, 2.05) is 6.92 Å². The number of hydrogen-bond donors (Lipinski definition) is 1. The van der Waals surface area contributed by atoms with Crippen molar-refractivity contribution in [3.05, 3.63) is 142 Å². The van der Waals surface area contributed by atoms with Crippen LogP contribution >= 0.6 is 12.6 Å². The molecule has 4 aromatic carbocycles. The van der Waals surface area contributed by atoms with Gasteiger partial charge in [-0.05, 0) is 59.7 Å². The van der Waals surface area contributed by atoms with E-state index in [-0.39, 0.29) is 36.2 Å². The molecule has 0 spiro atoms. The maximum Gasteiger partial charge on any atom is 0.306 e. The Labute approximate surface area is 264 Å². The van der Waals surface area contributed by atoms with Crippen molar-refractivity contribution in [3.63, 3.8) is 0 Å². The third-order valence-corrected chi connectivity index (χ3v) is 8.71. The zero-order valence-corrected chi connectivity index (χ0v) is 27.3. The number of esters is 1. The summed E-state index contributed by atoms with van der Waals surface area (Å²) < 4.78 is 12.3. The zero-order valence-electron chi connectivity index (χ0n) is 26.4. The van der Waals surface area contributed by atoms with Crippen LogP contribution < -0.4 is 0 Å². The molecule has 0 saturated heterocycles. The predicted molar refractivity (Wildman–Crippen MR) is 181 cm³/mol. The fourth-order valence-electron chi connectivity index (χ4n) is 5.92. The van der Waals surface area contributed by atoms with E-state index in [1.54, 1.807) is 0 Å². The minimum atomic E-state index is -0.657. The first-order valence-electron chi connectivity index (χ1n) is 15.4. The maximum atomic E-state index is 12.1. The van der Waals surface area contributed by atoms with Crippen molar-refractivity contribution in [2.45, 2.75) is 77.4 Å². The van der Waals surface area contributed by atoms with E-state index in [0.717, 1.165) is 0 Å². The lowest BCUT2D eigenvalue weighted by Crippen LogP contribution is -2.31. The third-order valence-electron chi connectivity index (χ3n) is 8.48. The van der Waals surface area contributed by atoms with E-state index < -0.39 is 5.60 Å². The van der Waals surface area contributed by atoms with Crippen molar-refractivity contribution in [3.8, 4) is 0 Å². The first-order chi connectivity index (χ1) is 20.6. The second kappa shape index (κ2) is 14.9. The first-order valence-corrected chi connectivity index (χ1v) is 16.0. The van der Waals surface area contributed by atoms with Gasteiger partial charge in [-0.2, -0.15) is 12.6 Å². The standard InChI is InChI=1S/C39H46O3S/c1-27(42-37(40)22-23-43)26-41-39(5,6)38-35(29(3)32-18-12-8-13-19-32)24-34(28(2)31-16-10-7-11-17-31)25-36(38)30(4)33-20-14-9-15-21-33/h7-21,24-25,27-30,43H,22-23,26H2,1-6H3. The van der Waals surface area contributed by atoms with Gasteiger partial charge in [0.1, 0.15) is 6.10 Å². The molecule has 3 nitrogen and oxygen atoms in total. The highest BCUT2D eigenvalue weighted by Gasteiger charge is 2.33. The molecule has 0 fully saturated rings. The molecule has 0 amide bonds. The van der Waals surface area contributed by atoms with Gasteiger partial charge in [-0.25, -0.2) is 0 Å². The summed E-state index contributed by atoms with van der Waals surface area (Å²) >= 11 is 4.16. The summed E-state index contributed by atoms with van der Waals surface area (Å²) in [4.78, 5) is 12.1. The van der Waals surface area contributed by atoms with Gasteiger partial charge in [0.15, 0.2) is 0 Å². The van der Waals surface area contributed by atoms with E-state index in [0.29, 0.717) is 12.4 Å². The molecule has 4 heteroatoms. The number of carbonyl (C=O) groups is 1. The summed E-state index contributed by atoms with van der Waals surface area (Å²) in [5.41, 5.74) is 8.15. The Bertz CT molecular complexity index is 1380. The largest absolute Gasteiger partial charge is 0.460 e. The van der Waals surface area contributed by atoms with E-state index in [4.69, 9.17) is 9.47 Å². The quantitative estimate of drug-likeness (QED) is 0.124. The average Bonchev–Trinajstić information content (AvgIpc) is 3.03. The summed E-state index contributed by atoms with van der Waals surface area (Å²) in [6, 6.07) is 36.9. The molecule has 0 aliphatic heterocycles. The number of hydrogen-bond acceptors (Lipinski definition) is 4. The van der Waals surface area contributed by atoms with Crippen LogP contribution in [0.5, 0.6) is 0 Å². The summed E-state index contributed by atoms with van der Waals surface area (Å²) in [7, 11) is 0. The monoisotopic (exact) mass is 594 g/mol. The predicted octanol–water partition coefficient (Wildman–Crippen LogP) is 9.65. The van der Waals surface area contributed by atoms with Gasteiger partial charge in [0, 0.05) is 23.5 Å². The minimum absolute atomic E-state index is 0.134. The van der Waals surface area contributed by atoms with Gasteiger partial charge in [0.25, 0.3) is 0 Å². The molecule has 0 aliphatic carbocycles. The van der Waals surface area contributed by atoms with Crippen molar-refractivity contribution in [2.24, 2.45) is 0 Å². The van der Waals surface area contributed by atoms with Gasteiger partial charge < -0.3 is 9.47 Å². The van der Waals surface area contributed by atoms with Gasteiger partial charge in [0.05, 0.1) is 18.6 Å². The van der Waals surface area contributed by atoms with Crippen LogP contribution in [0, 0.1) is 0 Å². The Kier molecular flexibility index (Phi) is 11.3. The van der Waals surface area contributed by atoms with Crippen molar-refractivity contribution in [1.29, 1.82) is 0 Å². The molecule has 0 saturated carbocycles. The van der Waals surface area contributed by atoms with E-state index in [2.05, 4.69) is 150 Å². The summed E-state index contributed by atoms with van der Waals surface area (Å²) in [5, 5.41) is 0. The first kappa shape index (κ1) is 32.6. The Morgan fingerprint density at radius 2 is 1.09 bits per heavy atom. The second-order valence-corrected chi connectivity index (χ2v) is 12.5. The fraction of sp³-hybridized carbons (Fsp3) is 0.359. The Balaban J connectivity index is 1.88. The molecule has 226 valence electrons. The fourth-order valence-corrected chi connectivity index (χ4v) is 6.11. The number of thiol groups is 1. The Morgan fingerprint density at radius 3 is 1.51 bits per heavy atom. The topological polar surface area (TPSA) is 35.5 Å². The molecule has 0 N–H and O–H groups in total. The Hall–Kier alpha value is -3.34. The van der Waals surface area contributed by atoms with Gasteiger partial charge in [0.2, 0.25) is 0 Å². The van der Waals surface area contributed by atoms with Crippen LogP contribution in [0.3, 0.4) is 0 Å². The van der Waals surface area contributed by atoms with E-state index >= 15 is 0 Å². The molecule has 4 aromatic rings. The number of rotatable bonds is 13. The van der Waals surface area contributed by atoms with Gasteiger partial charge in [-0.3, -0.25) is 4.79 Å². The van der Waals surface area contributed by atoms with Gasteiger partial charge >= 0.3 is 5.97 Å². The van der Waals surface area contributed by atoms with Crippen molar-refractivity contribution in [2.75, 3.05) is 12.4 Å². The molecule has 0 bridgehead atoms. The molecule has 0 heterocycles. The lowest BCUT2D eigenvalue weighted by atomic mass is 9.74. The van der Waals surface area contributed by atoms with Crippen LogP contribution in [0.2, 0.25) is 0 Å². The van der Waals surface area contributed by atoms with Gasteiger partial charge in [-0.15, -0.1) is 0 Å². The number of carbonyl (C=O) groups excluding carboxylic acids is 1. The van der Waals surface area contributed by atoms with Crippen LogP contribution in [0.1, 0.15) is 105 Å². The van der Waals surface area contributed by atoms with Crippen LogP contribution in [0.4, 0.5) is 0 Å². The van der Waals surface area contributed by atoms with Crippen molar-refractivity contribution < 1.29 is 14.3 Å². The maximum absolute atomic E-state index is 12.1. The SMILES string of the molecule is CC(COC(C)(C)c1c(C(C)c2ccccc2)cc(C(C)c2ccccc2)cc1C(C)c1ccccc1)OC(=O)CCS. The van der Waals surface area contributed by atoms with E-state index in [1.165, 1.54) is 38.9 Å². The van der Waals surface area contributed by atoms with Crippen LogP contribution in [-0.2, 0) is 19.9 Å². The normalized spacial score (nSPS) is 14.5. The second-order valence-electron chi connectivity index (χ2n) is 12.1. The number of benzene rings is 4. The summed E-state index contributed by atoms with van der Waals surface area (Å²) in [6.07, 6.45) is -0.0796. The molecular formula is C39H46O3S. The van der Waals surface area contributed by atoms with Crippen LogP contribution in [-0.4, -0.2) is 24.4 Å². The highest BCUT2D eigenvalue weighted by atomic mass is 32.1. The van der Waals surface area contributed by atoms with Crippen molar-refractivity contribution >= 4 is 18.6 Å². The van der Waals surface area contributed by atoms with Crippen LogP contribution in [0.25, 0.3) is 0 Å². The van der Waals surface area contributed by atoms with E-state index in [9.17, 15) is 4.79 Å². The lowest BCUT2D eigenvalue weighted by molar-refractivity contribution is -0.154. The molecule has 4 unspecified atom stereocenters. The zero-order chi connectivity index (χ0) is 31.0. The van der Waals surface area contributed by atoms with Crippen LogP contribution in [0.15, 0.2) is 103 Å². The number of ether oxygens (including phenoxy) is 2. The molecule has 4 atom stereocenters.